The van der Waals surface area contributed by atoms with Gasteiger partial charge in [-0.3, -0.25) is 0 Å². The number of rotatable bonds is 2. The Morgan fingerprint density at radius 1 is 1.40 bits per heavy atom. The van der Waals surface area contributed by atoms with Crippen LogP contribution in [0.3, 0.4) is 0 Å². The minimum absolute atomic E-state index is 0.490. The van der Waals surface area contributed by atoms with Crippen LogP contribution in [-0.4, -0.2) is 12.6 Å². The molecule has 15 heavy (non-hydrogen) atoms. The van der Waals surface area contributed by atoms with Gasteiger partial charge in [0, 0.05) is 24.0 Å². The van der Waals surface area contributed by atoms with Crippen LogP contribution in [0.5, 0.6) is 0 Å². The van der Waals surface area contributed by atoms with Crippen molar-refractivity contribution in [2.75, 3.05) is 17.2 Å². The molecule has 0 saturated heterocycles. The van der Waals surface area contributed by atoms with Crippen LogP contribution in [0, 0.1) is 0 Å². The SMILES string of the molecule is CC(C)Nc1ccc2c(c1)NCCC2C. The summed E-state index contributed by atoms with van der Waals surface area (Å²) < 4.78 is 0. The molecule has 2 N–H and O–H groups in total. The van der Waals surface area contributed by atoms with Gasteiger partial charge < -0.3 is 10.6 Å². The van der Waals surface area contributed by atoms with E-state index < -0.39 is 0 Å². The van der Waals surface area contributed by atoms with Gasteiger partial charge in [0.15, 0.2) is 0 Å². The highest BCUT2D eigenvalue weighted by Gasteiger charge is 2.15. The quantitative estimate of drug-likeness (QED) is 0.771. The van der Waals surface area contributed by atoms with E-state index in [2.05, 4.69) is 49.6 Å². The molecule has 0 radical (unpaired) electrons. The minimum atomic E-state index is 0.490. The average molecular weight is 204 g/mol. The zero-order valence-corrected chi connectivity index (χ0v) is 9.80. The van der Waals surface area contributed by atoms with Crippen LogP contribution in [-0.2, 0) is 0 Å². The molecule has 2 heteroatoms. The largest absolute Gasteiger partial charge is 0.385 e. The molecule has 1 aliphatic heterocycles. The van der Waals surface area contributed by atoms with E-state index in [1.807, 2.05) is 0 Å². The monoisotopic (exact) mass is 204 g/mol. The van der Waals surface area contributed by atoms with Gasteiger partial charge in [-0.1, -0.05) is 13.0 Å². The number of hydrogen-bond donors (Lipinski definition) is 2. The zero-order valence-electron chi connectivity index (χ0n) is 9.80. The summed E-state index contributed by atoms with van der Waals surface area (Å²) in [7, 11) is 0. The zero-order chi connectivity index (χ0) is 10.8. The molecule has 1 aromatic rings. The van der Waals surface area contributed by atoms with Crippen molar-refractivity contribution < 1.29 is 0 Å². The van der Waals surface area contributed by atoms with Gasteiger partial charge in [0.2, 0.25) is 0 Å². The number of benzene rings is 1. The molecule has 2 rings (SSSR count). The van der Waals surface area contributed by atoms with Crippen molar-refractivity contribution in [1.82, 2.24) is 0 Å². The Balaban J connectivity index is 2.25. The highest BCUT2D eigenvalue weighted by Crippen LogP contribution is 2.33. The highest BCUT2D eigenvalue weighted by atomic mass is 14.9. The van der Waals surface area contributed by atoms with E-state index in [0.29, 0.717) is 12.0 Å². The van der Waals surface area contributed by atoms with Crippen LogP contribution in [0.15, 0.2) is 18.2 Å². The van der Waals surface area contributed by atoms with Crippen LogP contribution >= 0.6 is 0 Å². The molecule has 1 heterocycles. The summed E-state index contributed by atoms with van der Waals surface area (Å²) in [6.45, 7) is 7.72. The molecule has 1 aromatic carbocycles. The third kappa shape index (κ3) is 2.25. The minimum Gasteiger partial charge on any atom is -0.385 e. The lowest BCUT2D eigenvalue weighted by Crippen LogP contribution is -2.16. The van der Waals surface area contributed by atoms with Crippen molar-refractivity contribution in [3.05, 3.63) is 23.8 Å². The fourth-order valence-electron chi connectivity index (χ4n) is 2.14. The molecule has 0 aliphatic carbocycles. The molecule has 0 saturated carbocycles. The molecule has 1 unspecified atom stereocenters. The maximum atomic E-state index is 3.47. The van der Waals surface area contributed by atoms with Crippen molar-refractivity contribution in [2.45, 2.75) is 39.2 Å². The Bertz CT molecular complexity index is 344. The van der Waals surface area contributed by atoms with E-state index in [9.17, 15) is 0 Å². The van der Waals surface area contributed by atoms with E-state index in [1.165, 1.54) is 23.4 Å². The van der Waals surface area contributed by atoms with Crippen molar-refractivity contribution in [3.63, 3.8) is 0 Å². The summed E-state index contributed by atoms with van der Waals surface area (Å²) in [5.74, 6) is 0.689. The van der Waals surface area contributed by atoms with E-state index >= 15 is 0 Å². The van der Waals surface area contributed by atoms with Crippen molar-refractivity contribution >= 4 is 11.4 Å². The maximum Gasteiger partial charge on any atom is 0.0396 e. The smallest absolute Gasteiger partial charge is 0.0396 e. The Kier molecular flexibility index (Phi) is 2.85. The molecule has 0 amide bonds. The first-order valence-electron chi connectivity index (χ1n) is 5.81. The molecule has 1 aliphatic rings. The second-order valence-corrected chi connectivity index (χ2v) is 4.72. The second kappa shape index (κ2) is 4.13. The Labute approximate surface area is 92.1 Å². The molecule has 0 aromatic heterocycles. The molecule has 2 nitrogen and oxygen atoms in total. The summed E-state index contributed by atoms with van der Waals surface area (Å²) in [4.78, 5) is 0. The average Bonchev–Trinajstić information content (AvgIpc) is 2.17. The fraction of sp³-hybridized carbons (Fsp3) is 0.538. The van der Waals surface area contributed by atoms with Gasteiger partial charge in [0.1, 0.15) is 0 Å². The van der Waals surface area contributed by atoms with Crippen LogP contribution in [0.2, 0.25) is 0 Å². The number of fused-ring (bicyclic) bond motifs is 1. The van der Waals surface area contributed by atoms with Gasteiger partial charge in [-0.05, 0) is 43.9 Å². The van der Waals surface area contributed by atoms with Crippen molar-refractivity contribution in [3.8, 4) is 0 Å². The lowest BCUT2D eigenvalue weighted by Gasteiger charge is -2.25. The molecule has 82 valence electrons. The van der Waals surface area contributed by atoms with Crippen LogP contribution in [0.1, 0.15) is 38.7 Å². The van der Waals surface area contributed by atoms with E-state index in [0.717, 1.165) is 6.54 Å². The molecule has 0 spiro atoms. The van der Waals surface area contributed by atoms with Gasteiger partial charge in [-0.2, -0.15) is 0 Å². The van der Waals surface area contributed by atoms with Gasteiger partial charge in [0.25, 0.3) is 0 Å². The fourth-order valence-corrected chi connectivity index (χ4v) is 2.14. The Morgan fingerprint density at radius 3 is 2.93 bits per heavy atom. The Morgan fingerprint density at radius 2 is 2.20 bits per heavy atom. The topological polar surface area (TPSA) is 24.1 Å². The van der Waals surface area contributed by atoms with Gasteiger partial charge in [0.05, 0.1) is 0 Å². The molecular formula is C13H20N2. The summed E-state index contributed by atoms with van der Waals surface area (Å²) >= 11 is 0. The molecule has 0 fully saturated rings. The van der Waals surface area contributed by atoms with Crippen LogP contribution in [0.25, 0.3) is 0 Å². The maximum absolute atomic E-state index is 3.47. The number of nitrogens with one attached hydrogen (secondary N) is 2. The standard InChI is InChI=1S/C13H20N2/c1-9(2)15-11-4-5-12-10(3)6-7-14-13(12)8-11/h4-5,8-10,14-15H,6-7H2,1-3H3. The van der Waals surface area contributed by atoms with E-state index in [1.54, 1.807) is 0 Å². The van der Waals surface area contributed by atoms with Gasteiger partial charge in [-0.15, -0.1) is 0 Å². The third-order valence-corrected chi connectivity index (χ3v) is 2.93. The van der Waals surface area contributed by atoms with E-state index in [-0.39, 0.29) is 0 Å². The van der Waals surface area contributed by atoms with Crippen molar-refractivity contribution in [1.29, 1.82) is 0 Å². The highest BCUT2D eigenvalue weighted by molar-refractivity contribution is 5.63. The summed E-state index contributed by atoms with van der Waals surface area (Å²) in [6.07, 6.45) is 1.24. The predicted octanol–water partition coefficient (Wildman–Crippen LogP) is 3.43. The van der Waals surface area contributed by atoms with Gasteiger partial charge >= 0.3 is 0 Å². The number of anilines is 2. The first kappa shape index (κ1) is 10.3. The molecule has 1 atom stereocenters. The van der Waals surface area contributed by atoms with Crippen LogP contribution < -0.4 is 10.6 Å². The van der Waals surface area contributed by atoms with Crippen molar-refractivity contribution in [2.24, 2.45) is 0 Å². The number of hydrogen-bond acceptors (Lipinski definition) is 2. The predicted molar refractivity (Wildman–Crippen MR) is 66.7 cm³/mol. The lowest BCUT2D eigenvalue weighted by molar-refractivity contribution is 0.684. The normalized spacial score (nSPS) is 19.6. The second-order valence-electron chi connectivity index (χ2n) is 4.72. The summed E-state index contributed by atoms with van der Waals surface area (Å²) in [6, 6.07) is 7.15. The Hall–Kier alpha value is -1.18. The first-order chi connectivity index (χ1) is 7.16. The lowest BCUT2D eigenvalue weighted by atomic mass is 9.92. The third-order valence-electron chi connectivity index (χ3n) is 2.93. The summed E-state index contributed by atoms with van der Waals surface area (Å²) in [5, 5.41) is 6.90. The van der Waals surface area contributed by atoms with Gasteiger partial charge in [-0.25, -0.2) is 0 Å². The first-order valence-corrected chi connectivity index (χ1v) is 5.81. The summed E-state index contributed by atoms with van der Waals surface area (Å²) in [5.41, 5.74) is 3.97. The molecular weight excluding hydrogens is 184 g/mol. The van der Waals surface area contributed by atoms with Crippen LogP contribution in [0.4, 0.5) is 11.4 Å². The molecule has 0 bridgehead atoms. The van der Waals surface area contributed by atoms with E-state index in [4.69, 9.17) is 0 Å².